The first-order valence-electron chi connectivity index (χ1n) is 5.34. The van der Waals surface area contributed by atoms with Crippen molar-refractivity contribution < 1.29 is 19.7 Å². The maximum Gasteiger partial charge on any atom is 0.337 e. The number of rotatable bonds is 4. The van der Waals surface area contributed by atoms with Crippen LogP contribution in [-0.2, 0) is 4.79 Å². The predicted octanol–water partition coefficient (Wildman–Crippen LogP) is 1.74. The lowest BCUT2D eigenvalue weighted by molar-refractivity contribution is -0.146. The molecule has 0 saturated heterocycles. The van der Waals surface area contributed by atoms with E-state index in [1.54, 1.807) is 24.3 Å². The lowest BCUT2D eigenvalue weighted by atomic mass is 9.96. The molecular formula is C12H14O4. The smallest absolute Gasteiger partial charge is 0.337 e. The van der Waals surface area contributed by atoms with Gasteiger partial charge in [-0.25, -0.2) is 4.79 Å². The van der Waals surface area contributed by atoms with E-state index >= 15 is 0 Å². The molecule has 1 aromatic carbocycles. The SMILES string of the molecule is O=C(O)C(O)c1cccc(OC2CCC2)c1. The molecule has 4 heteroatoms. The normalized spacial score (nSPS) is 17.6. The number of carboxylic acids is 1. The van der Waals surface area contributed by atoms with Crippen molar-refractivity contribution in [1.82, 2.24) is 0 Å². The van der Waals surface area contributed by atoms with Gasteiger partial charge in [-0.15, -0.1) is 0 Å². The van der Waals surface area contributed by atoms with Crippen LogP contribution < -0.4 is 4.74 Å². The Hall–Kier alpha value is -1.55. The molecule has 4 nitrogen and oxygen atoms in total. The standard InChI is InChI=1S/C12H14O4/c13-11(12(14)15)8-3-1-6-10(7-8)16-9-4-2-5-9/h1,3,6-7,9,11,13H,2,4-5H2,(H,14,15). The van der Waals surface area contributed by atoms with Crippen LogP contribution in [0.3, 0.4) is 0 Å². The average Bonchev–Trinajstić information content (AvgIpc) is 2.23. The van der Waals surface area contributed by atoms with E-state index in [2.05, 4.69) is 0 Å². The number of aliphatic carboxylic acids is 1. The maximum atomic E-state index is 10.6. The summed E-state index contributed by atoms with van der Waals surface area (Å²) >= 11 is 0. The van der Waals surface area contributed by atoms with Gasteiger partial charge in [0.05, 0.1) is 6.10 Å². The molecule has 0 aromatic heterocycles. The second-order valence-electron chi connectivity index (χ2n) is 3.98. The predicted molar refractivity (Wildman–Crippen MR) is 57.3 cm³/mol. The van der Waals surface area contributed by atoms with Crippen molar-refractivity contribution in [2.45, 2.75) is 31.5 Å². The fourth-order valence-electron chi connectivity index (χ4n) is 1.58. The quantitative estimate of drug-likeness (QED) is 0.814. The summed E-state index contributed by atoms with van der Waals surface area (Å²) in [5.41, 5.74) is 0.351. The molecule has 1 saturated carbocycles. The Kier molecular flexibility index (Phi) is 3.10. The van der Waals surface area contributed by atoms with E-state index in [-0.39, 0.29) is 6.10 Å². The Labute approximate surface area is 93.5 Å². The molecule has 1 unspecified atom stereocenters. The minimum atomic E-state index is -1.48. The third-order valence-electron chi connectivity index (χ3n) is 2.76. The first kappa shape index (κ1) is 11.0. The minimum Gasteiger partial charge on any atom is -0.490 e. The van der Waals surface area contributed by atoms with Crippen LogP contribution in [0.1, 0.15) is 30.9 Å². The van der Waals surface area contributed by atoms with Crippen molar-refractivity contribution in [2.24, 2.45) is 0 Å². The topological polar surface area (TPSA) is 66.8 Å². The van der Waals surface area contributed by atoms with Crippen molar-refractivity contribution in [2.75, 3.05) is 0 Å². The molecule has 2 rings (SSSR count). The summed E-state index contributed by atoms with van der Waals surface area (Å²) in [5, 5.41) is 18.0. The van der Waals surface area contributed by atoms with Crippen LogP contribution in [0.4, 0.5) is 0 Å². The van der Waals surface area contributed by atoms with Gasteiger partial charge in [0, 0.05) is 0 Å². The van der Waals surface area contributed by atoms with Crippen LogP contribution in [-0.4, -0.2) is 22.3 Å². The molecule has 1 atom stereocenters. The Bertz CT molecular complexity index is 384. The molecular weight excluding hydrogens is 208 g/mol. The van der Waals surface area contributed by atoms with E-state index in [9.17, 15) is 9.90 Å². The molecule has 86 valence electrons. The number of carbonyl (C=O) groups is 1. The number of hydrogen-bond acceptors (Lipinski definition) is 3. The van der Waals surface area contributed by atoms with Gasteiger partial charge in [0.15, 0.2) is 6.10 Å². The van der Waals surface area contributed by atoms with Crippen LogP contribution in [0.15, 0.2) is 24.3 Å². The van der Waals surface area contributed by atoms with E-state index in [0.717, 1.165) is 12.8 Å². The Morgan fingerprint density at radius 2 is 2.19 bits per heavy atom. The number of carboxylic acid groups (broad SMARTS) is 1. The van der Waals surface area contributed by atoms with E-state index in [1.807, 2.05) is 0 Å². The van der Waals surface area contributed by atoms with Crippen LogP contribution >= 0.6 is 0 Å². The Morgan fingerprint density at radius 3 is 2.75 bits per heavy atom. The van der Waals surface area contributed by atoms with Gasteiger partial charge in [-0.05, 0) is 37.0 Å². The number of aliphatic hydroxyl groups excluding tert-OH is 1. The Morgan fingerprint density at radius 1 is 1.44 bits per heavy atom. The fraction of sp³-hybridized carbons (Fsp3) is 0.417. The fourth-order valence-corrected chi connectivity index (χ4v) is 1.58. The molecule has 16 heavy (non-hydrogen) atoms. The van der Waals surface area contributed by atoms with Crippen molar-refractivity contribution in [3.05, 3.63) is 29.8 Å². The minimum absolute atomic E-state index is 0.247. The largest absolute Gasteiger partial charge is 0.490 e. The molecule has 1 aromatic rings. The second-order valence-corrected chi connectivity index (χ2v) is 3.98. The van der Waals surface area contributed by atoms with E-state index in [1.165, 1.54) is 6.42 Å². The van der Waals surface area contributed by atoms with E-state index in [0.29, 0.717) is 11.3 Å². The van der Waals surface area contributed by atoms with Crippen molar-refractivity contribution >= 4 is 5.97 Å². The first-order valence-corrected chi connectivity index (χ1v) is 5.34. The van der Waals surface area contributed by atoms with Gasteiger partial charge in [0.1, 0.15) is 5.75 Å². The third kappa shape index (κ3) is 2.33. The van der Waals surface area contributed by atoms with Crippen LogP contribution in [0, 0.1) is 0 Å². The summed E-state index contributed by atoms with van der Waals surface area (Å²) in [6.07, 6.45) is 2.04. The lowest BCUT2D eigenvalue weighted by Crippen LogP contribution is -2.24. The number of hydrogen-bond donors (Lipinski definition) is 2. The zero-order valence-corrected chi connectivity index (χ0v) is 8.80. The van der Waals surface area contributed by atoms with Gasteiger partial charge in [-0.1, -0.05) is 12.1 Å². The molecule has 1 aliphatic carbocycles. The van der Waals surface area contributed by atoms with Gasteiger partial charge in [0.2, 0.25) is 0 Å². The first-order chi connectivity index (χ1) is 7.66. The zero-order valence-electron chi connectivity index (χ0n) is 8.80. The van der Waals surface area contributed by atoms with E-state index in [4.69, 9.17) is 9.84 Å². The van der Waals surface area contributed by atoms with E-state index < -0.39 is 12.1 Å². The molecule has 1 aliphatic rings. The Balaban J connectivity index is 2.08. The van der Waals surface area contributed by atoms with Crippen LogP contribution in [0.2, 0.25) is 0 Å². The van der Waals surface area contributed by atoms with Gasteiger partial charge in [-0.2, -0.15) is 0 Å². The second kappa shape index (κ2) is 4.53. The molecule has 0 spiro atoms. The van der Waals surface area contributed by atoms with Gasteiger partial charge in [0.25, 0.3) is 0 Å². The summed E-state index contributed by atoms with van der Waals surface area (Å²) in [7, 11) is 0. The summed E-state index contributed by atoms with van der Waals surface area (Å²) in [5.74, 6) is -0.622. The highest BCUT2D eigenvalue weighted by molar-refractivity contribution is 5.74. The monoisotopic (exact) mass is 222 g/mol. The average molecular weight is 222 g/mol. The van der Waals surface area contributed by atoms with Crippen LogP contribution in [0.25, 0.3) is 0 Å². The molecule has 0 heterocycles. The number of benzene rings is 1. The summed E-state index contributed by atoms with van der Waals surface area (Å²) < 4.78 is 5.62. The van der Waals surface area contributed by atoms with Crippen molar-refractivity contribution in [3.8, 4) is 5.75 Å². The summed E-state index contributed by atoms with van der Waals surface area (Å²) in [4.78, 5) is 10.6. The van der Waals surface area contributed by atoms with Gasteiger partial charge in [-0.3, -0.25) is 0 Å². The lowest BCUT2D eigenvalue weighted by Gasteiger charge is -2.26. The highest BCUT2D eigenvalue weighted by Crippen LogP contribution is 2.26. The molecule has 0 bridgehead atoms. The van der Waals surface area contributed by atoms with Gasteiger partial charge < -0.3 is 14.9 Å². The molecule has 2 N–H and O–H groups in total. The van der Waals surface area contributed by atoms with Crippen molar-refractivity contribution in [1.29, 1.82) is 0 Å². The number of ether oxygens (including phenoxy) is 1. The highest BCUT2D eigenvalue weighted by Gasteiger charge is 2.20. The molecule has 0 aliphatic heterocycles. The summed E-state index contributed by atoms with van der Waals surface area (Å²) in [6, 6.07) is 6.62. The zero-order chi connectivity index (χ0) is 11.5. The summed E-state index contributed by atoms with van der Waals surface area (Å²) in [6.45, 7) is 0. The van der Waals surface area contributed by atoms with Crippen LogP contribution in [0.5, 0.6) is 5.75 Å². The van der Waals surface area contributed by atoms with Crippen molar-refractivity contribution in [3.63, 3.8) is 0 Å². The molecule has 0 amide bonds. The van der Waals surface area contributed by atoms with Gasteiger partial charge >= 0.3 is 5.97 Å². The maximum absolute atomic E-state index is 10.6. The molecule has 1 fully saturated rings. The highest BCUT2D eigenvalue weighted by atomic mass is 16.5. The number of aliphatic hydroxyl groups is 1. The third-order valence-corrected chi connectivity index (χ3v) is 2.76. The molecule has 0 radical (unpaired) electrons.